The Labute approximate surface area is 174 Å². The number of rotatable bonds is 4. The van der Waals surface area contributed by atoms with Crippen molar-refractivity contribution in [3.05, 3.63) is 46.8 Å². The van der Waals surface area contributed by atoms with Crippen LogP contribution in [0.25, 0.3) is 0 Å². The Balaban J connectivity index is 1.53. The molecule has 2 atom stereocenters. The molecule has 4 heterocycles. The number of carbonyl (C=O) groups excluding carboxylic acids is 1. The summed E-state index contributed by atoms with van der Waals surface area (Å²) < 4.78 is 5.51. The quantitative estimate of drug-likeness (QED) is 0.601. The summed E-state index contributed by atoms with van der Waals surface area (Å²) in [5.74, 6) is 0.823. The predicted octanol–water partition coefficient (Wildman–Crippen LogP) is 3.33. The summed E-state index contributed by atoms with van der Waals surface area (Å²) in [6.45, 7) is 6.71. The van der Waals surface area contributed by atoms with Gasteiger partial charge in [0, 0.05) is 37.2 Å². The van der Waals surface area contributed by atoms with E-state index in [1.54, 1.807) is 35.5 Å². The number of nitro groups is 1. The van der Waals surface area contributed by atoms with Crippen molar-refractivity contribution in [3.63, 3.8) is 0 Å². The fourth-order valence-electron chi connectivity index (χ4n) is 3.90. The van der Waals surface area contributed by atoms with Crippen LogP contribution in [-0.2, 0) is 4.74 Å². The highest BCUT2D eigenvalue weighted by Gasteiger charge is 2.47. The van der Waals surface area contributed by atoms with Gasteiger partial charge in [-0.15, -0.1) is 0 Å². The fourth-order valence-corrected chi connectivity index (χ4v) is 3.90. The highest BCUT2D eigenvalue weighted by Crippen LogP contribution is 2.37. The van der Waals surface area contributed by atoms with Crippen LogP contribution in [0.4, 0.5) is 27.8 Å². The second-order valence-corrected chi connectivity index (χ2v) is 8.48. The van der Waals surface area contributed by atoms with Crippen molar-refractivity contribution in [2.45, 2.75) is 44.9 Å². The van der Waals surface area contributed by atoms with E-state index in [4.69, 9.17) is 4.74 Å². The third kappa shape index (κ3) is 3.98. The summed E-state index contributed by atoms with van der Waals surface area (Å²) in [6.07, 6.45) is 3.72. The van der Waals surface area contributed by atoms with Gasteiger partial charge in [0.1, 0.15) is 11.4 Å². The van der Waals surface area contributed by atoms with E-state index in [1.807, 2.05) is 20.8 Å². The van der Waals surface area contributed by atoms with Gasteiger partial charge < -0.3 is 19.9 Å². The summed E-state index contributed by atoms with van der Waals surface area (Å²) in [5, 5.41) is 14.5. The van der Waals surface area contributed by atoms with E-state index in [1.165, 1.54) is 6.07 Å². The van der Waals surface area contributed by atoms with E-state index < -0.39 is 10.5 Å². The molecule has 0 unspecified atom stereocenters. The summed E-state index contributed by atoms with van der Waals surface area (Å²) in [5.41, 5.74) is 0.0265. The van der Waals surface area contributed by atoms with Gasteiger partial charge in [0.2, 0.25) is 5.82 Å². The zero-order valence-electron chi connectivity index (χ0n) is 17.1. The van der Waals surface area contributed by atoms with Crippen LogP contribution < -0.4 is 10.2 Å². The van der Waals surface area contributed by atoms with Gasteiger partial charge in [-0.3, -0.25) is 15.1 Å². The molecule has 2 aromatic heterocycles. The lowest BCUT2D eigenvalue weighted by molar-refractivity contribution is -0.384. The lowest BCUT2D eigenvalue weighted by Gasteiger charge is -2.35. The molecule has 2 fully saturated rings. The van der Waals surface area contributed by atoms with Crippen molar-refractivity contribution < 1.29 is 14.5 Å². The smallest absolute Gasteiger partial charge is 0.410 e. The predicted molar refractivity (Wildman–Crippen MR) is 111 cm³/mol. The molecule has 10 nitrogen and oxygen atoms in total. The summed E-state index contributed by atoms with van der Waals surface area (Å²) >= 11 is 0. The molecule has 0 saturated carbocycles. The highest BCUT2D eigenvalue weighted by atomic mass is 16.6. The Bertz CT molecular complexity index is 962. The lowest BCUT2D eigenvalue weighted by Crippen LogP contribution is -2.50. The van der Waals surface area contributed by atoms with Crippen LogP contribution in [0.2, 0.25) is 0 Å². The zero-order valence-corrected chi connectivity index (χ0v) is 17.1. The Morgan fingerprint density at radius 1 is 1.20 bits per heavy atom. The molecule has 0 aromatic carbocycles. The van der Waals surface area contributed by atoms with E-state index in [0.717, 1.165) is 6.42 Å². The number of amides is 1. The molecule has 2 aliphatic heterocycles. The van der Waals surface area contributed by atoms with Crippen LogP contribution >= 0.6 is 0 Å². The molecule has 30 heavy (non-hydrogen) atoms. The maximum Gasteiger partial charge on any atom is 0.410 e. The van der Waals surface area contributed by atoms with Gasteiger partial charge in [-0.25, -0.2) is 9.78 Å². The van der Waals surface area contributed by atoms with E-state index >= 15 is 0 Å². The first-order chi connectivity index (χ1) is 14.2. The van der Waals surface area contributed by atoms with Crippen LogP contribution in [0.5, 0.6) is 0 Å². The molecule has 0 aliphatic carbocycles. The first kappa shape index (κ1) is 19.9. The van der Waals surface area contributed by atoms with Crippen molar-refractivity contribution in [3.8, 4) is 0 Å². The lowest BCUT2D eigenvalue weighted by atomic mass is 10.2. The van der Waals surface area contributed by atoms with Crippen LogP contribution in [0.1, 0.15) is 27.2 Å². The van der Waals surface area contributed by atoms with Crippen molar-refractivity contribution in [2.75, 3.05) is 23.3 Å². The summed E-state index contributed by atoms with van der Waals surface area (Å²) in [7, 11) is 0. The number of hydrogen-bond acceptors (Lipinski definition) is 8. The van der Waals surface area contributed by atoms with E-state index in [2.05, 4.69) is 20.2 Å². The topological polar surface area (TPSA) is 114 Å². The molecule has 2 aliphatic rings. The minimum absolute atomic E-state index is 0.0402. The average molecular weight is 412 g/mol. The Morgan fingerprint density at radius 2 is 1.93 bits per heavy atom. The van der Waals surface area contributed by atoms with Crippen LogP contribution in [-0.4, -0.2) is 56.7 Å². The molecule has 158 valence electrons. The largest absolute Gasteiger partial charge is 0.444 e. The Kier molecular flexibility index (Phi) is 4.92. The van der Waals surface area contributed by atoms with E-state index in [0.29, 0.717) is 24.6 Å². The third-order valence-corrected chi connectivity index (χ3v) is 5.16. The first-order valence-corrected chi connectivity index (χ1v) is 9.80. The van der Waals surface area contributed by atoms with Gasteiger partial charge in [0.25, 0.3) is 0 Å². The maximum absolute atomic E-state index is 12.5. The minimum Gasteiger partial charge on any atom is -0.444 e. The van der Waals surface area contributed by atoms with Crippen molar-refractivity contribution in [2.24, 2.45) is 0 Å². The fraction of sp³-hybridized carbons (Fsp3) is 0.450. The van der Waals surface area contributed by atoms with Gasteiger partial charge in [-0.05, 0) is 45.4 Å². The molecule has 2 saturated heterocycles. The van der Waals surface area contributed by atoms with E-state index in [-0.39, 0.29) is 29.7 Å². The SMILES string of the molecule is CC(C)(C)OC(=O)N1C[C@H]2C[C@@H]1CN2c1ccc([N+](=O)[O-])c(Nc2ccncc2)n1. The molecule has 10 heteroatoms. The molecule has 2 bridgehead atoms. The van der Waals surface area contributed by atoms with Gasteiger partial charge in [-0.1, -0.05) is 0 Å². The zero-order chi connectivity index (χ0) is 21.5. The molecule has 2 aromatic rings. The van der Waals surface area contributed by atoms with Gasteiger partial charge >= 0.3 is 11.8 Å². The Hall–Kier alpha value is -3.43. The number of nitrogens with one attached hydrogen (secondary N) is 1. The second-order valence-electron chi connectivity index (χ2n) is 8.48. The number of likely N-dealkylation sites (tertiary alicyclic amines) is 1. The average Bonchev–Trinajstić information content (AvgIpc) is 3.28. The van der Waals surface area contributed by atoms with Crippen LogP contribution in [0.15, 0.2) is 36.7 Å². The maximum atomic E-state index is 12.5. The monoisotopic (exact) mass is 412 g/mol. The number of pyridine rings is 2. The molecule has 0 spiro atoms. The van der Waals surface area contributed by atoms with Gasteiger partial charge in [-0.2, -0.15) is 0 Å². The van der Waals surface area contributed by atoms with Crippen LogP contribution in [0.3, 0.4) is 0 Å². The molecule has 0 radical (unpaired) electrons. The summed E-state index contributed by atoms with van der Waals surface area (Å²) in [4.78, 5) is 35.8. The number of carbonyl (C=O) groups is 1. The standard InChI is InChI=1S/C20H24N6O4/c1-20(2,3)30-19(27)25-12-14-10-15(25)11-24(14)17-5-4-16(26(28)29)18(23-17)22-13-6-8-21-9-7-13/h4-9,14-15H,10-12H2,1-3H3,(H,21,22,23)/t14-,15-/m1/s1. The summed E-state index contributed by atoms with van der Waals surface area (Å²) in [6, 6.07) is 6.70. The molecule has 1 amide bonds. The van der Waals surface area contributed by atoms with E-state index in [9.17, 15) is 14.9 Å². The second kappa shape index (κ2) is 7.43. The molecular weight excluding hydrogens is 388 g/mol. The molecular formula is C20H24N6O4. The van der Waals surface area contributed by atoms with Gasteiger partial charge in [0.15, 0.2) is 0 Å². The van der Waals surface area contributed by atoms with Gasteiger partial charge in [0.05, 0.1) is 17.0 Å². The number of anilines is 3. The van der Waals surface area contributed by atoms with Crippen molar-refractivity contribution >= 4 is 29.1 Å². The number of aromatic nitrogens is 2. The Morgan fingerprint density at radius 3 is 2.53 bits per heavy atom. The number of ether oxygens (including phenoxy) is 1. The number of piperazine rings is 1. The minimum atomic E-state index is -0.536. The first-order valence-electron chi connectivity index (χ1n) is 9.80. The van der Waals surface area contributed by atoms with Crippen LogP contribution in [0, 0.1) is 10.1 Å². The third-order valence-electron chi connectivity index (χ3n) is 5.16. The molecule has 1 N–H and O–H groups in total. The molecule has 4 rings (SSSR count). The van der Waals surface area contributed by atoms with Crippen molar-refractivity contribution in [1.29, 1.82) is 0 Å². The number of nitrogens with zero attached hydrogens (tertiary/aromatic N) is 5. The van der Waals surface area contributed by atoms with Crippen molar-refractivity contribution in [1.82, 2.24) is 14.9 Å². The number of fused-ring (bicyclic) bond motifs is 2. The normalized spacial score (nSPS) is 20.4. The number of hydrogen-bond donors (Lipinski definition) is 1. The highest BCUT2D eigenvalue weighted by molar-refractivity contribution is 5.71.